The summed E-state index contributed by atoms with van der Waals surface area (Å²) in [6.45, 7) is 4.26. The first-order chi connectivity index (χ1) is 7.37. The number of amides is 1. The van der Waals surface area contributed by atoms with Crippen LogP contribution in [-0.4, -0.2) is 18.0 Å². The number of rotatable bonds is 5. The average molecular weight is 261 g/mol. The fourth-order valence-electron chi connectivity index (χ4n) is 1.14. The van der Waals surface area contributed by atoms with Crippen LogP contribution in [0.3, 0.4) is 0 Å². The van der Waals surface area contributed by atoms with E-state index >= 15 is 0 Å². The summed E-state index contributed by atoms with van der Waals surface area (Å²) >= 11 is 7.37. The minimum absolute atomic E-state index is 0.0306. The molecule has 3 nitrogen and oxygen atoms in total. The summed E-state index contributed by atoms with van der Waals surface area (Å²) < 4.78 is 0. The van der Waals surface area contributed by atoms with Gasteiger partial charge >= 0.3 is 0 Å². The maximum absolute atomic E-state index is 11.5. The van der Waals surface area contributed by atoms with Gasteiger partial charge in [-0.05, 0) is 26.3 Å². The standard InChI is InChI=1S/C11H17ClN2OS/c1-11(2,13)7-14-10(15)4-3-9-5-8(12)6-16-9/h5-6H,3-4,7,13H2,1-2H3,(H,14,15). The average Bonchev–Trinajstić information content (AvgIpc) is 2.57. The molecule has 0 aliphatic heterocycles. The summed E-state index contributed by atoms with van der Waals surface area (Å²) in [5.74, 6) is 0.0306. The highest BCUT2D eigenvalue weighted by Gasteiger charge is 2.12. The number of aryl methyl sites for hydroxylation is 1. The Hall–Kier alpha value is -0.580. The van der Waals surface area contributed by atoms with Crippen molar-refractivity contribution in [3.63, 3.8) is 0 Å². The Bertz CT molecular complexity index is 357. The summed E-state index contributed by atoms with van der Waals surface area (Å²) in [5.41, 5.74) is 5.41. The quantitative estimate of drug-likeness (QED) is 0.853. The Morgan fingerprint density at radius 1 is 1.62 bits per heavy atom. The molecule has 0 saturated heterocycles. The van der Waals surface area contributed by atoms with Crippen LogP contribution >= 0.6 is 22.9 Å². The van der Waals surface area contributed by atoms with Crippen LogP contribution in [-0.2, 0) is 11.2 Å². The maximum Gasteiger partial charge on any atom is 0.220 e. The second-order valence-corrected chi connectivity index (χ2v) is 5.93. The lowest BCUT2D eigenvalue weighted by molar-refractivity contribution is -0.121. The number of thiophene rings is 1. The zero-order valence-electron chi connectivity index (χ0n) is 9.55. The number of halogens is 1. The lowest BCUT2D eigenvalue weighted by Crippen LogP contribution is -2.45. The second kappa shape index (κ2) is 5.66. The molecule has 0 aliphatic carbocycles. The first-order valence-corrected chi connectivity index (χ1v) is 6.41. The lowest BCUT2D eigenvalue weighted by Gasteiger charge is -2.18. The molecule has 0 bridgehead atoms. The van der Waals surface area contributed by atoms with Crippen molar-refractivity contribution in [3.8, 4) is 0 Å². The van der Waals surface area contributed by atoms with E-state index in [1.807, 2.05) is 25.3 Å². The molecule has 0 fully saturated rings. The predicted molar refractivity (Wildman–Crippen MR) is 68.9 cm³/mol. The van der Waals surface area contributed by atoms with Crippen LogP contribution in [0.1, 0.15) is 25.1 Å². The molecule has 1 amide bonds. The molecule has 90 valence electrons. The normalized spacial score (nSPS) is 11.5. The Morgan fingerprint density at radius 3 is 2.81 bits per heavy atom. The number of hydrogen-bond donors (Lipinski definition) is 2. The first-order valence-electron chi connectivity index (χ1n) is 5.15. The molecule has 0 aliphatic rings. The SMILES string of the molecule is CC(C)(N)CNC(=O)CCc1cc(Cl)cs1. The fraction of sp³-hybridized carbons (Fsp3) is 0.545. The van der Waals surface area contributed by atoms with Gasteiger partial charge in [-0.2, -0.15) is 0 Å². The smallest absolute Gasteiger partial charge is 0.220 e. The van der Waals surface area contributed by atoms with E-state index in [2.05, 4.69) is 5.32 Å². The monoisotopic (exact) mass is 260 g/mol. The Kier molecular flexibility index (Phi) is 4.77. The molecule has 0 radical (unpaired) electrons. The molecule has 1 aromatic rings. The van der Waals surface area contributed by atoms with E-state index in [-0.39, 0.29) is 11.4 Å². The molecule has 0 unspecified atom stereocenters. The van der Waals surface area contributed by atoms with Gasteiger partial charge in [-0.15, -0.1) is 11.3 Å². The van der Waals surface area contributed by atoms with Crippen LogP contribution in [0.4, 0.5) is 0 Å². The summed E-state index contributed by atoms with van der Waals surface area (Å²) in [6.07, 6.45) is 1.21. The number of nitrogens with two attached hydrogens (primary N) is 1. The Balaban J connectivity index is 2.25. The minimum atomic E-state index is -0.359. The predicted octanol–water partition coefficient (Wildman–Crippen LogP) is 2.19. The zero-order chi connectivity index (χ0) is 12.2. The van der Waals surface area contributed by atoms with E-state index in [0.717, 1.165) is 16.3 Å². The van der Waals surface area contributed by atoms with Crippen molar-refractivity contribution in [2.24, 2.45) is 5.73 Å². The highest BCUT2D eigenvalue weighted by molar-refractivity contribution is 7.10. The first kappa shape index (κ1) is 13.5. The summed E-state index contributed by atoms with van der Waals surface area (Å²) in [5, 5.41) is 5.42. The van der Waals surface area contributed by atoms with Crippen molar-refractivity contribution >= 4 is 28.8 Å². The van der Waals surface area contributed by atoms with Crippen molar-refractivity contribution < 1.29 is 4.79 Å². The van der Waals surface area contributed by atoms with Crippen molar-refractivity contribution in [2.45, 2.75) is 32.2 Å². The highest BCUT2D eigenvalue weighted by Crippen LogP contribution is 2.20. The molecule has 1 aromatic heterocycles. The summed E-state index contributed by atoms with van der Waals surface area (Å²) in [6, 6.07) is 1.90. The summed E-state index contributed by atoms with van der Waals surface area (Å²) in [7, 11) is 0. The maximum atomic E-state index is 11.5. The van der Waals surface area contributed by atoms with Gasteiger partial charge in [-0.25, -0.2) is 0 Å². The van der Waals surface area contributed by atoms with Crippen molar-refractivity contribution in [3.05, 3.63) is 21.3 Å². The van der Waals surface area contributed by atoms with Crippen molar-refractivity contribution in [2.75, 3.05) is 6.54 Å². The van der Waals surface area contributed by atoms with Gasteiger partial charge in [-0.3, -0.25) is 4.79 Å². The molecule has 5 heteroatoms. The van der Waals surface area contributed by atoms with Gasteiger partial charge in [0.1, 0.15) is 0 Å². The third-order valence-electron chi connectivity index (χ3n) is 1.96. The Labute approximate surface area is 105 Å². The molecule has 0 atom stereocenters. The zero-order valence-corrected chi connectivity index (χ0v) is 11.1. The molecular formula is C11H17ClN2OS. The van der Waals surface area contributed by atoms with Crippen LogP contribution in [0.5, 0.6) is 0 Å². The molecule has 0 saturated carbocycles. The van der Waals surface area contributed by atoms with Crippen LogP contribution in [0, 0.1) is 0 Å². The van der Waals surface area contributed by atoms with E-state index in [1.165, 1.54) is 0 Å². The van der Waals surface area contributed by atoms with Gasteiger partial charge in [-0.1, -0.05) is 11.6 Å². The van der Waals surface area contributed by atoms with E-state index < -0.39 is 0 Å². The van der Waals surface area contributed by atoms with Gasteiger partial charge < -0.3 is 11.1 Å². The topological polar surface area (TPSA) is 55.1 Å². The number of hydrogen-bond acceptors (Lipinski definition) is 3. The fourth-order valence-corrected chi connectivity index (χ4v) is 2.21. The number of carbonyl (C=O) groups is 1. The molecule has 0 spiro atoms. The van der Waals surface area contributed by atoms with E-state index in [1.54, 1.807) is 11.3 Å². The molecule has 1 heterocycles. The number of carbonyl (C=O) groups excluding carboxylic acids is 1. The van der Waals surface area contributed by atoms with Crippen molar-refractivity contribution in [1.82, 2.24) is 5.32 Å². The van der Waals surface area contributed by atoms with Crippen LogP contribution < -0.4 is 11.1 Å². The van der Waals surface area contributed by atoms with Crippen LogP contribution in [0.25, 0.3) is 0 Å². The molecule has 16 heavy (non-hydrogen) atoms. The van der Waals surface area contributed by atoms with E-state index in [0.29, 0.717) is 13.0 Å². The van der Waals surface area contributed by atoms with Gasteiger partial charge in [0.05, 0.1) is 5.02 Å². The van der Waals surface area contributed by atoms with Gasteiger partial charge in [0.2, 0.25) is 5.91 Å². The third kappa shape index (κ3) is 5.49. The van der Waals surface area contributed by atoms with Gasteiger partial charge in [0.15, 0.2) is 0 Å². The summed E-state index contributed by atoms with van der Waals surface area (Å²) in [4.78, 5) is 12.6. The molecule has 3 N–H and O–H groups in total. The van der Waals surface area contributed by atoms with Crippen LogP contribution in [0.2, 0.25) is 5.02 Å². The molecule has 1 rings (SSSR count). The minimum Gasteiger partial charge on any atom is -0.354 e. The van der Waals surface area contributed by atoms with E-state index in [9.17, 15) is 4.79 Å². The van der Waals surface area contributed by atoms with E-state index in [4.69, 9.17) is 17.3 Å². The van der Waals surface area contributed by atoms with Gasteiger partial charge in [0.25, 0.3) is 0 Å². The molecule has 0 aromatic carbocycles. The van der Waals surface area contributed by atoms with Gasteiger partial charge in [0, 0.05) is 28.8 Å². The molecular weight excluding hydrogens is 244 g/mol. The third-order valence-corrected chi connectivity index (χ3v) is 3.31. The van der Waals surface area contributed by atoms with Crippen molar-refractivity contribution in [1.29, 1.82) is 0 Å². The Morgan fingerprint density at radius 2 is 2.31 bits per heavy atom. The second-order valence-electron chi connectivity index (χ2n) is 4.50. The number of nitrogens with one attached hydrogen (secondary N) is 1. The highest BCUT2D eigenvalue weighted by atomic mass is 35.5. The van der Waals surface area contributed by atoms with Crippen LogP contribution in [0.15, 0.2) is 11.4 Å². The largest absolute Gasteiger partial charge is 0.354 e. The lowest BCUT2D eigenvalue weighted by atomic mass is 10.1.